The quantitative estimate of drug-likeness (QED) is 0.774. The second kappa shape index (κ2) is 5.67. The van der Waals surface area contributed by atoms with Crippen LogP contribution in [-0.2, 0) is 4.79 Å². The molecule has 1 aliphatic carbocycles. The zero-order chi connectivity index (χ0) is 16.0. The molecule has 1 saturated carbocycles. The number of anilines is 1. The Labute approximate surface area is 138 Å². The van der Waals surface area contributed by atoms with Gasteiger partial charge < -0.3 is 4.90 Å². The fraction of sp³-hybridized carbons (Fsp3) is 0.476. The first-order chi connectivity index (χ1) is 11.1. The second-order valence-corrected chi connectivity index (χ2v) is 7.61. The fourth-order valence-corrected chi connectivity index (χ4v) is 4.66. The summed E-state index contributed by atoms with van der Waals surface area (Å²) in [5.74, 6) is 2.56. The molecule has 4 rings (SSSR count). The van der Waals surface area contributed by atoms with Gasteiger partial charge in [-0.3, -0.25) is 4.79 Å². The minimum atomic E-state index is 0.164. The molecular formula is C21H25NO. The van der Waals surface area contributed by atoms with E-state index in [4.69, 9.17) is 0 Å². The summed E-state index contributed by atoms with van der Waals surface area (Å²) in [6.45, 7) is 5.38. The highest BCUT2D eigenvalue weighted by atomic mass is 16.2. The van der Waals surface area contributed by atoms with Crippen LogP contribution in [0.25, 0.3) is 10.8 Å². The van der Waals surface area contributed by atoms with Crippen molar-refractivity contribution in [2.75, 3.05) is 11.4 Å². The first kappa shape index (κ1) is 14.7. The van der Waals surface area contributed by atoms with Gasteiger partial charge in [-0.05, 0) is 53.5 Å². The topological polar surface area (TPSA) is 20.3 Å². The number of benzene rings is 2. The summed E-state index contributed by atoms with van der Waals surface area (Å²) in [5, 5.41) is 2.44. The van der Waals surface area contributed by atoms with Crippen LogP contribution >= 0.6 is 0 Å². The van der Waals surface area contributed by atoms with Gasteiger partial charge in [-0.15, -0.1) is 0 Å². The Morgan fingerprint density at radius 1 is 1.00 bits per heavy atom. The summed E-state index contributed by atoms with van der Waals surface area (Å²) >= 11 is 0. The van der Waals surface area contributed by atoms with Crippen LogP contribution in [-0.4, -0.2) is 12.5 Å². The van der Waals surface area contributed by atoms with Gasteiger partial charge in [0.1, 0.15) is 0 Å². The molecule has 1 saturated heterocycles. The van der Waals surface area contributed by atoms with Crippen molar-refractivity contribution in [3.63, 3.8) is 0 Å². The lowest BCUT2D eigenvalue weighted by atomic mass is 9.83. The van der Waals surface area contributed by atoms with Gasteiger partial charge in [0.15, 0.2) is 0 Å². The van der Waals surface area contributed by atoms with Crippen molar-refractivity contribution in [3.8, 4) is 0 Å². The van der Waals surface area contributed by atoms with E-state index in [0.29, 0.717) is 11.8 Å². The maximum absolute atomic E-state index is 12.8. The molecule has 0 radical (unpaired) electrons. The Morgan fingerprint density at radius 3 is 2.52 bits per heavy atom. The van der Waals surface area contributed by atoms with Gasteiger partial charge >= 0.3 is 0 Å². The molecule has 1 amide bonds. The predicted molar refractivity (Wildman–Crippen MR) is 95.5 cm³/mol. The van der Waals surface area contributed by atoms with Gasteiger partial charge in [0, 0.05) is 18.2 Å². The van der Waals surface area contributed by atoms with Gasteiger partial charge in [0.05, 0.1) is 0 Å². The highest BCUT2D eigenvalue weighted by Crippen LogP contribution is 2.43. The van der Waals surface area contributed by atoms with Crippen molar-refractivity contribution in [1.82, 2.24) is 0 Å². The molecule has 0 spiro atoms. The van der Waals surface area contributed by atoms with Gasteiger partial charge in [0.2, 0.25) is 5.91 Å². The summed E-state index contributed by atoms with van der Waals surface area (Å²) in [4.78, 5) is 14.8. The summed E-state index contributed by atoms with van der Waals surface area (Å²) in [6, 6.07) is 14.8. The van der Waals surface area contributed by atoms with E-state index in [2.05, 4.69) is 56.3 Å². The number of amides is 1. The highest BCUT2D eigenvalue weighted by Gasteiger charge is 2.43. The van der Waals surface area contributed by atoms with E-state index in [-0.39, 0.29) is 5.92 Å². The summed E-state index contributed by atoms with van der Waals surface area (Å²) in [7, 11) is 0. The molecule has 23 heavy (non-hydrogen) atoms. The predicted octanol–water partition coefficient (Wildman–Crippen LogP) is 4.87. The molecule has 2 fully saturated rings. The minimum absolute atomic E-state index is 0.164. The molecule has 0 N–H and O–H groups in total. The molecule has 2 nitrogen and oxygen atoms in total. The summed E-state index contributed by atoms with van der Waals surface area (Å²) in [5.41, 5.74) is 1.06. The molecule has 0 bridgehead atoms. The third kappa shape index (κ3) is 2.54. The molecule has 4 unspecified atom stereocenters. The number of hydrogen-bond donors (Lipinski definition) is 0. The first-order valence-electron chi connectivity index (χ1n) is 8.93. The Morgan fingerprint density at radius 2 is 1.78 bits per heavy atom. The lowest BCUT2D eigenvalue weighted by Crippen LogP contribution is -2.26. The standard InChI is InChI=1S/C21H25NO/c1-14-7-8-18(11-14)20-13-22(21(23)15(20)2)19-10-9-16-5-3-4-6-17(16)12-19/h3-6,9-10,12,14-15,18,20H,7-8,11,13H2,1-2H3. The Balaban J connectivity index is 1.62. The Kier molecular flexibility index (Phi) is 3.63. The maximum Gasteiger partial charge on any atom is 0.230 e. The van der Waals surface area contributed by atoms with E-state index in [1.54, 1.807) is 0 Å². The minimum Gasteiger partial charge on any atom is -0.312 e. The number of hydrogen-bond acceptors (Lipinski definition) is 1. The first-order valence-corrected chi connectivity index (χ1v) is 8.93. The molecule has 1 heterocycles. The van der Waals surface area contributed by atoms with E-state index in [1.165, 1.54) is 30.0 Å². The smallest absolute Gasteiger partial charge is 0.230 e. The molecule has 120 valence electrons. The van der Waals surface area contributed by atoms with E-state index >= 15 is 0 Å². The van der Waals surface area contributed by atoms with Gasteiger partial charge in [-0.1, -0.05) is 50.6 Å². The van der Waals surface area contributed by atoms with Crippen LogP contribution in [0.5, 0.6) is 0 Å². The van der Waals surface area contributed by atoms with Crippen molar-refractivity contribution in [2.45, 2.75) is 33.1 Å². The Hall–Kier alpha value is -1.83. The van der Waals surface area contributed by atoms with E-state index in [9.17, 15) is 4.79 Å². The molecule has 2 aromatic carbocycles. The zero-order valence-electron chi connectivity index (χ0n) is 14.0. The number of carbonyl (C=O) groups excluding carboxylic acids is 1. The number of fused-ring (bicyclic) bond motifs is 1. The molecule has 2 aliphatic rings. The van der Waals surface area contributed by atoms with Crippen molar-refractivity contribution in [3.05, 3.63) is 42.5 Å². The number of nitrogens with zero attached hydrogens (tertiary/aromatic N) is 1. The van der Waals surface area contributed by atoms with Gasteiger partial charge in [-0.2, -0.15) is 0 Å². The second-order valence-electron chi connectivity index (χ2n) is 7.61. The van der Waals surface area contributed by atoms with Gasteiger partial charge in [0.25, 0.3) is 0 Å². The van der Waals surface area contributed by atoms with Crippen LogP contribution in [0.4, 0.5) is 5.69 Å². The monoisotopic (exact) mass is 307 g/mol. The lowest BCUT2D eigenvalue weighted by molar-refractivity contribution is -0.120. The van der Waals surface area contributed by atoms with Crippen LogP contribution < -0.4 is 4.90 Å². The van der Waals surface area contributed by atoms with Crippen LogP contribution in [0, 0.1) is 23.7 Å². The van der Waals surface area contributed by atoms with E-state index in [1.807, 2.05) is 4.90 Å². The normalized spacial score (nSPS) is 31.2. The van der Waals surface area contributed by atoms with Crippen molar-refractivity contribution >= 4 is 22.4 Å². The number of rotatable bonds is 2. The molecule has 1 aliphatic heterocycles. The van der Waals surface area contributed by atoms with Crippen LogP contribution in [0.3, 0.4) is 0 Å². The average molecular weight is 307 g/mol. The van der Waals surface area contributed by atoms with E-state index in [0.717, 1.165) is 24.1 Å². The molecular weight excluding hydrogens is 282 g/mol. The third-order valence-electron chi connectivity index (χ3n) is 6.08. The van der Waals surface area contributed by atoms with Crippen molar-refractivity contribution < 1.29 is 4.79 Å². The van der Waals surface area contributed by atoms with Crippen molar-refractivity contribution in [2.24, 2.45) is 23.7 Å². The van der Waals surface area contributed by atoms with Crippen molar-refractivity contribution in [1.29, 1.82) is 0 Å². The van der Waals surface area contributed by atoms with Crippen LogP contribution in [0.15, 0.2) is 42.5 Å². The Bertz CT molecular complexity index is 737. The number of carbonyl (C=O) groups is 1. The zero-order valence-corrected chi connectivity index (χ0v) is 14.0. The van der Waals surface area contributed by atoms with Crippen LogP contribution in [0.2, 0.25) is 0 Å². The summed E-state index contributed by atoms with van der Waals surface area (Å²) in [6.07, 6.45) is 3.93. The molecule has 4 atom stereocenters. The molecule has 2 heteroatoms. The molecule has 2 aromatic rings. The average Bonchev–Trinajstić information content (AvgIpc) is 3.12. The summed E-state index contributed by atoms with van der Waals surface area (Å²) < 4.78 is 0. The third-order valence-corrected chi connectivity index (χ3v) is 6.08. The lowest BCUT2D eigenvalue weighted by Gasteiger charge is -2.21. The van der Waals surface area contributed by atoms with E-state index < -0.39 is 0 Å². The van der Waals surface area contributed by atoms with Crippen LogP contribution in [0.1, 0.15) is 33.1 Å². The molecule has 0 aromatic heterocycles. The van der Waals surface area contributed by atoms with Gasteiger partial charge in [-0.25, -0.2) is 0 Å². The maximum atomic E-state index is 12.8. The largest absolute Gasteiger partial charge is 0.312 e. The fourth-order valence-electron chi connectivity index (χ4n) is 4.66. The highest BCUT2D eigenvalue weighted by molar-refractivity contribution is 5.99. The SMILES string of the molecule is CC1CCC(C2CN(c3ccc4ccccc4c3)C(=O)C2C)C1.